The maximum atomic E-state index is 12.3. The Labute approximate surface area is 134 Å². The molecule has 0 aliphatic heterocycles. The molecule has 2 N–H and O–H groups in total. The average molecular weight is 331 g/mol. The van der Waals surface area contributed by atoms with Crippen molar-refractivity contribution in [3.05, 3.63) is 24.3 Å². The Morgan fingerprint density at radius 2 is 1.95 bits per heavy atom. The number of aliphatic hydroxyl groups is 1. The number of methoxy groups -OCH3 is 2. The van der Waals surface area contributed by atoms with E-state index in [0.29, 0.717) is 5.69 Å². The Morgan fingerprint density at radius 3 is 2.41 bits per heavy atom. The molecule has 22 heavy (non-hydrogen) atoms. The molecule has 0 spiro atoms. The number of hydrogen-bond acceptors (Lipinski definition) is 6. The number of aromatic nitrogens is 2. The zero-order chi connectivity index (χ0) is 16.8. The fourth-order valence-electron chi connectivity index (χ4n) is 1.79. The van der Waals surface area contributed by atoms with Crippen LogP contribution in [0.3, 0.4) is 0 Å². The summed E-state index contributed by atoms with van der Waals surface area (Å²) in [6.45, 7) is 5.61. The van der Waals surface area contributed by atoms with E-state index < -0.39 is 34.2 Å². The van der Waals surface area contributed by atoms with Crippen LogP contribution < -0.4 is 4.72 Å². The standard InChI is InChI=1S/C14H25N3O4S/c1-14(2,3)22(19)17-10(11-9-15-6-7-16-11)8-12(18)13(20-4)21-5/h6-7,9-10,12-13,17-18H,8H2,1-5H3. The summed E-state index contributed by atoms with van der Waals surface area (Å²) in [5.41, 5.74) is 0.602. The first-order valence-corrected chi connectivity index (χ1v) is 8.12. The highest BCUT2D eigenvalue weighted by molar-refractivity contribution is 7.84. The van der Waals surface area contributed by atoms with Gasteiger partial charge in [-0.2, -0.15) is 0 Å². The van der Waals surface area contributed by atoms with Gasteiger partial charge >= 0.3 is 0 Å². The van der Waals surface area contributed by atoms with Crippen LogP contribution >= 0.6 is 0 Å². The normalized spacial score (nSPS) is 16.5. The highest BCUT2D eigenvalue weighted by atomic mass is 32.2. The molecule has 0 bridgehead atoms. The van der Waals surface area contributed by atoms with Crippen LogP contribution in [-0.4, -0.2) is 50.6 Å². The van der Waals surface area contributed by atoms with Gasteiger partial charge in [-0.25, -0.2) is 8.93 Å². The van der Waals surface area contributed by atoms with Gasteiger partial charge in [0, 0.05) is 33.0 Å². The van der Waals surface area contributed by atoms with E-state index in [1.165, 1.54) is 14.2 Å². The molecule has 8 heteroatoms. The van der Waals surface area contributed by atoms with E-state index in [9.17, 15) is 9.32 Å². The van der Waals surface area contributed by atoms with Crippen LogP contribution in [0.1, 0.15) is 38.9 Å². The Morgan fingerprint density at radius 1 is 1.32 bits per heavy atom. The summed E-state index contributed by atoms with van der Waals surface area (Å²) in [4.78, 5) is 8.25. The Balaban J connectivity index is 2.90. The van der Waals surface area contributed by atoms with Crippen molar-refractivity contribution < 1.29 is 18.8 Å². The van der Waals surface area contributed by atoms with E-state index in [1.807, 2.05) is 20.8 Å². The van der Waals surface area contributed by atoms with Crippen molar-refractivity contribution in [1.29, 1.82) is 0 Å². The fraction of sp³-hybridized carbons (Fsp3) is 0.714. The van der Waals surface area contributed by atoms with E-state index in [0.717, 1.165) is 0 Å². The molecule has 1 heterocycles. The minimum atomic E-state index is -1.31. The summed E-state index contributed by atoms with van der Waals surface area (Å²) in [5, 5.41) is 10.2. The first-order chi connectivity index (χ1) is 10.3. The first kappa shape index (κ1) is 19.1. The van der Waals surface area contributed by atoms with Gasteiger partial charge in [-0.1, -0.05) is 0 Å². The lowest BCUT2D eigenvalue weighted by Crippen LogP contribution is -2.39. The number of nitrogens with zero attached hydrogens (tertiary/aromatic N) is 2. The lowest BCUT2D eigenvalue weighted by atomic mass is 10.1. The summed E-state index contributed by atoms with van der Waals surface area (Å²) in [6.07, 6.45) is 3.27. The molecule has 0 aliphatic rings. The van der Waals surface area contributed by atoms with Crippen LogP contribution in [0.5, 0.6) is 0 Å². The summed E-state index contributed by atoms with van der Waals surface area (Å²) >= 11 is 0. The van der Waals surface area contributed by atoms with Crippen molar-refractivity contribution >= 4 is 11.0 Å². The van der Waals surface area contributed by atoms with Gasteiger partial charge in [-0.15, -0.1) is 0 Å². The monoisotopic (exact) mass is 331 g/mol. The maximum absolute atomic E-state index is 12.3. The molecule has 1 aromatic rings. The Hall–Kier alpha value is -0.930. The van der Waals surface area contributed by atoms with Crippen molar-refractivity contribution in [2.24, 2.45) is 0 Å². The lowest BCUT2D eigenvalue weighted by molar-refractivity contribution is -0.167. The molecule has 0 amide bonds. The predicted octanol–water partition coefficient (Wildman–Crippen LogP) is 0.939. The first-order valence-electron chi connectivity index (χ1n) is 6.97. The molecule has 7 nitrogen and oxygen atoms in total. The minimum Gasteiger partial charge on any atom is -0.388 e. The molecule has 0 aromatic carbocycles. The van der Waals surface area contributed by atoms with Crippen LogP contribution in [0.2, 0.25) is 0 Å². The largest absolute Gasteiger partial charge is 0.388 e. The molecular weight excluding hydrogens is 306 g/mol. The molecule has 1 aromatic heterocycles. The van der Waals surface area contributed by atoms with Gasteiger partial charge in [-0.05, 0) is 20.8 Å². The van der Waals surface area contributed by atoms with Gasteiger partial charge in [0.1, 0.15) is 6.10 Å². The highest BCUT2D eigenvalue weighted by Gasteiger charge is 2.28. The smallest absolute Gasteiger partial charge is 0.182 e. The fourth-order valence-corrected chi connectivity index (χ4v) is 2.62. The molecule has 1 rings (SSSR count). The van der Waals surface area contributed by atoms with E-state index in [1.54, 1.807) is 18.6 Å². The molecule has 3 unspecified atom stereocenters. The second-order valence-electron chi connectivity index (χ2n) is 5.82. The van der Waals surface area contributed by atoms with Gasteiger partial charge in [0.05, 0.1) is 33.7 Å². The molecular formula is C14H25N3O4S. The highest BCUT2D eigenvalue weighted by Crippen LogP contribution is 2.21. The van der Waals surface area contributed by atoms with Gasteiger partial charge < -0.3 is 14.6 Å². The van der Waals surface area contributed by atoms with E-state index in [4.69, 9.17) is 9.47 Å². The summed E-state index contributed by atoms with van der Waals surface area (Å²) in [5.74, 6) is 0. The van der Waals surface area contributed by atoms with E-state index >= 15 is 0 Å². The summed E-state index contributed by atoms with van der Waals surface area (Å²) in [7, 11) is 1.60. The SMILES string of the molecule is COC(OC)C(O)CC(NS(=O)C(C)(C)C)c1cnccn1. The van der Waals surface area contributed by atoms with Crippen LogP contribution in [0.4, 0.5) is 0 Å². The number of aliphatic hydroxyl groups excluding tert-OH is 1. The lowest BCUT2D eigenvalue weighted by Gasteiger charge is -2.27. The number of nitrogens with one attached hydrogen (secondary N) is 1. The van der Waals surface area contributed by atoms with Crippen LogP contribution in [-0.2, 0) is 20.5 Å². The van der Waals surface area contributed by atoms with Gasteiger partial charge in [0.2, 0.25) is 0 Å². The van der Waals surface area contributed by atoms with Gasteiger partial charge in [-0.3, -0.25) is 9.97 Å². The molecule has 0 aliphatic carbocycles. The molecule has 126 valence electrons. The number of ether oxygens (including phenoxy) is 2. The van der Waals surface area contributed by atoms with E-state index in [2.05, 4.69) is 14.7 Å². The maximum Gasteiger partial charge on any atom is 0.182 e. The van der Waals surface area contributed by atoms with E-state index in [-0.39, 0.29) is 6.42 Å². The van der Waals surface area contributed by atoms with Crippen molar-refractivity contribution in [3.63, 3.8) is 0 Å². The third kappa shape index (κ3) is 5.69. The van der Waals surface area contributed by atoms with Crippen LogP contribution in [0.15, 0.2) is 18.6 Å². The second kappa shape index (κ2) is 8.64. The number of hydrogen-bond donors (Lipinski definition) is 2. The van der Waals surface area contributed by atoms with Gasteiger partial charge in [0.25, 0.3) is 0 Å². The Kier molecular flexibility index (Phi) is 7.51. The third-order valence-corrected chi connectivity index (χ3v) is 4.61. The topological polar surface area (TPSA) is 93.6 Å². The predicted molar refractivity (Wildman–Crippen MR) is 84.2 cm³/mol. The van der Waals surface area contributed by atoms with Crippen molar-refractivity contribution in [2.45, 2.75) is 50.4 Å². The Bertz CT molecular complexity index is 463. The van der Waals surface area contributed by atoms with Crippen molar-refractivity contribution in [1.82, 2.24) is 14.7 Å². The quantitative estimate of drug-likeness (QED) is 0.689. The third-order valence-electron chi connectivity index (χ3n) is 3.00. The minimum absolute atomic E-state index is 0.229. The number of rotatable bonds is 8. The van der Waals surface area contributed by atoms with Crippen molar-refractivity contribution in [2.75, 3.05) is 14.2 Å². The van der Waals surface area contributed by atoms with Gasteiger partial charge in [0.15, 0.2) is 6.29 Å². The molecule has 0 radical (unpaired) electrons. The van der Waals surface area contributed by atoms with Crippen LogP contribution in [0.25, 0.3) is 0 Å². The molecule has 0 saturated carbocycles. The molecule has 0 fully saturated rings. The zero-order valence-corrected chi connectivity index (χ0v) is 14.5. The van der Waals surface area contributed by atoms with Crippen LogP contribution in [0, 0.1) is 0 Å². The summed E-state index contributed by atoms with van der Waals surface area (Å²) < 4.78 is 25.0. The van der Waals surface area contributed by atoms with Crippen molar-refractivity contribution in [3.8, 4) is 0 Å². The molecule has 3 atom stereocenters. The summed E-state index contributed by atoms with van der Waals surface area (Å²) in [6, 6.07) is -0.434. The second-order valence-corrected chi connectivity index (χ2v) is 7.82. The average Bonchev–Trinajstić information content (AvgIpc) is 2.47. The zero-order valence-electron chi connectivity index (χ0n) is 13.6. The molecule has 0 saturated heterocycles.